The molecule has 1 unspecified atom stereocenters. The van der Waals surface area contributed by atoms with Crippen molar-refractivity contribution in [3.05, 3.63) is 0 Å². The molecule has 0 amide bonds. The molecule has 5 nitrogen and oxygen atoms in total. The van der Waals surface area contributed by atoms with Crippen LogP contribution in [0, 0.1) is 5.41 Å². The van der Waals surface area contributed by atoms with Crippen molar-refractivity contribution in [3.8, 4) is 0 Å². The van der Waals surface area contributed by atoms with E-state index in [1.165, 1.54) is 0 Å². The van der Waals surface area contributed by atoms with Gasteiger partial charge >= 0.3 is 5.97 Å². The van der Waals surface area contributed by atoms with Gasteiger partial charge in [-0.25, -0.2) is 4.79 Å². The molecule has 0 rings (SSSR count). The smallest absolute Gasteiger partial charge is 0.342 e. The van der Waals surface area contributed by atoms with Gasteiger partial charge < -0.3 is 9.84 Å². The van der Waals surface area contributed by atoms with Crippen LogP contribution in [0.5, 0.6) is 0 Å². The zero-order valence-corrected chi connectivity index (χ0v) is 10.5. The fourth-order valence-corrected chi connectivity index (χ4v) is 0.964. The quantitative estimate of drug-likeness (QED) is 0.531. The highest BCUT2D eigenvalue weighted by atomic mass is 17.2. The monoisotopic (exact) mass is 234 g/mol. The number of carbonyl (C=O) groups is 1. The summed E-state index contributed by atoms with van der Waals surface area (Å²) in [5.41, 5.74) is -0.145. The summed E-state index contributed by atoms with van der Waals surface area (Å²) in [4.78, 5) is 20.2. The molecule has 0 aromatic heterocycles. The van der Waals surface area contributed by atoms with Gasteiger partial charge in [0.1, 0.15) is 6.61 Å². The van der Waals surface area contributed by atoms with Gasteiger partial charge in [0.25, 0.3) is 0 Å². The Labute approximate surface area is 96.6 Å². The number of carbonyl (C=O) groups excluding carboxylic acids is 1. The molecule has 0 aliphatic carbocycles. The van der Waals surface area contributed by atoms with Gasteiger partial charge in [-0.15, -0.1) is 0 Å². The first-order valence-corrected chi connectivity index (χ1v) is 5.46. The highest BCUT2D eigenvalue weighted by Gasteiger charge is 2.26. The molecular formula is C11H22O5. The molecule has 0 aliphatic rings. The largest absolute Gasteiger partial charge is 0.394 e. The van der Waals surface area contributed by atoms with Crippen molar-refractivity contribution >= 4 is 5.97 Å². The Morgan fingerprint density at radius 1 is 1.38 bits per heavy atom. The van der Waals surface area contributed by atoms with Gasteiger partial charge in [0.2, 0.25) is 0 Å². The Hall–Kier alpha value is -0.650. The lowest BCUT2D eigenvalue weighted by atomic mass is 9.89. The van der Waals surface area contributed by atoms with Gasteiger partial charge in [-0.1, -0.05) is 27.7 Å². The summed E-state index contributed by atoms with van der Waals surface area (Å²) in [7, 11) is 0. The third-order valence-electron chi connectivity index (χ3n) is 2.04. The fourth-order valence-electron chi connectivity index (χ4n) is 0.964. The maximum absolute atomic E-state index is 10.8. The van der Waals surface area contributed by atoms with E-state index in [1.54, 1.807) is 6.92 Å². The van der Waals surface area contributed by atoms with Crippen molar-refractivity contribution in [1.82, 2.24) is 0 Å². The van der Waals surface area contributed by atoms with Gasteiger partial charge in [-0.2, -0.15) is 4.89 Å². The molecule has 0 heterocycles. The highest BCUT2D eigenvalue weighted by molar-refractivity contribution is 5.68. The van der Waals surface area contributed by atoms with Crippen LogP contribution in [0.3, 0.4) is 0 Å². The normalized spacial score (nSPS) is 13.6. The second-order valence-corrected chi connectivity index (χ2v) is 4.54. The first kappa shape index (κ1) is 15.3. The van der Waals surface area contributed by atoms with Gasteiger partial charge in [0, 0.05) is 6.42 Å². The van der Waals surface area contributed by atoms with E-state index in [-0.39, 0.29) is 37.8 Å². The average molecular weight is 234 g/mol. The summed E-state index contributed by atoms with van der Waals surface area (Å²) in [6.45, 7) is 8.01. The van der Waals surface area contributed by atoms with Crippen LogP contribution < -0.4 is 0 Å². The standard InChI is InChI=1S/C11H22O5/c1-5-10(13)16-15-8-9(11(2,3)4)14-7-6-12/h9,12H,5-8H2,1-4H3. The lowest BCUT2D eigenvalue weighted by Crippen LogP contribution is -2.35. The summed E-state index contributed by atoms with van der Waals surface area (Å²) in [5.74, 6) is -0.408. The summed E-state index contributed by atoms with van der Waals surface area (Å²) in [6, 6.07) is 0. The topological polar surface area (TPSA) is 65.0 Å². The van der Waals surface area contributed by atoms with E-state index in [0.717, 1.165) is 0 Å². The maximum atomic E-state index is 10.8. The van der Waals surface area contributed by atoms with Crippen molar-refractivity contribution in [3.63, 3.8) is 0 Å². The molecule has 0 saturated heterocycles. The second-order valence-electron chi connectivity index (χ2n) is 4.54. The van der Waals surface area contributed by atoms with E-state index in [0.29, 0.717) is 0 Å². The van der Waals surface area contributed by atoms with E-state index in [4.69, 9.17) is 14.7 Å². The van der Waals surface area contributed by atoms with Gasteiger partial charge in [-0.3, -0.25) is 4.89 Å². The molecule has 0 aromatic rings. The first-order chi connectivity index (χ1) is 7.41. The van der Waals surface area contributed by atoms with Gasteiger partial charge in [0.15, 0.2) is 0 Å². The predicted octanol–water partition coefficient (Wildman–Crippen LogP) is 1.29. The molecule has 0 saturated carbocycles. The van der Waals surface area contributed by atoms with Crippen molar-refractivity contribution < 1.29 is 24.4 Å². The Kier molecular flexibility index (Phi) is 7.29. The number of aliphatic hydroxyl groups excluding tert-OH is 1. The lowest BCUT2D eigenvalue weighted by Gasteiger charge is -2.29. The van der Waals surface area contributed by atoms with Crippen LogP contribution in [-0.4, -0.2) is 37.0 Å². The maximum Gasteiger partial charge on any atom is 0.342 e. The van der Waals surface area contributed by atoms with Crippen molar-refractivity contribution in [2.45, 2.75) is 40.2 Å². The second kappa shape index (κ2) is 7.60. The third kappa shape index (κ3) is 6.76. The minimum Gasteiger partial charge on any atom is -0.394 e. The first-order valence-electron chi connectivity index (χ1n) is 5.46. The van der Waals surface area contributed by atoms with Crippen LogP contribution in [0.1, 0.15) is 34.1 Å². The van der Waals surface area contributed by atoms with Crippen LogP contribution >= 0.6 is 0 Å². The van der Waals surface area contributed by atoms with Gasteiger partial charge in [-0.05, 0) is 5.41 Å². The summed E-state index contributed by atoms with van der Waals surface area (Å²) >= 11 is 0. The van der Waals surface area contributed by atoms with E-state index >= 15 is 0 Å². The Balaban J connectivity index is 3.97. The Morgan fingerprint density at radius 2 is 2.00 bits per heavy atom. The third-order valence-corrected chi connectivity index (χ3v) is 2.04. The van der Waals surface area contributed by atoms with Gasteiger partial charge in [0.05, 0.1) is 19.3 Å². The SMILES string of the molecule is CCC(=O)OOCC(OCCO)C(C)(C)C. The molecule has 0 spiro atoms. The van der Waals surface area contributed by atoms with Crippen LogP contribution in [-0.2, 0) is 19.3 Å². The van der Waals surface area contributed by atoms with Crippen LogP contribution in [0.25, 0.3) is 0 Å². The number of ether oxygens (including phenoxy) is 1. The molecule has 0 aliphatic heterocycles. The Bertz CT molecular complexity index is 197. The average Bonchev–Trinajstić information content (AvgIpc) is 2.20. The fraction of sp³-hybridized carbons (Fsp3) is 0.909. The van der Waals surface area contributed by atoms with Crippen molar-refractivity contribution in [2.75, 3.05) is 19.8 Å². The predicted molar refractivity (Wildman–Crippen MR) is 58.6 cm³/mol. The minimum atomic E-state index is -0.408. The number of hydrogen-bond acceptors (Lipinski definition) is 5. The molecule has 0 radical (unpaired) electrons. The van der Waals surface area contributed by atoms with E-state index in [9.17, 15) is 4.79 Å². The molecule has 1 atom stereocenters. The summed E-state index contributed by atoms with van der Waals surface area (Å²) in [5, 5.41) is 8.68. The molecule has 5 heteroatoms. The Morgan fingerprint density at radius 3 is 2.44 bits per heavy atom. The van der Waals surface area contributed by atoms with Crippen molar-refractivity contribution in [2.24, 2.45) is 5.41 Å². The summed E-state index contributed by atoms with van der Waals surface area (Å²) < 4.78 is 5.40. The van der Waals surface area contributed by atoms with E-state index in [2.05, 4.69) is 4.89 Å². The number of aliphatic hydroxyl groups is 1. The highest BCUT2D eigenvalue weighted by Crippen LogP contribution is 2.22. The van der Waals surface area contributed by atoms with E-state index < -0.39 is 5.97 Å². The summed E-state index contributed by atoms with van der Waals surface area (Å²) in [6.07, 6.45) is 0.0434. The van der Waals surface area contributed by atoms with Crippen LogP contribution in [0.2, 0.25) is 0 Å². The molecule has 96 valence electrons. The zero-order chi connectivity index (χ0) is 12.6. The number of rotatable bonds is 7. The molecule has 0 fully saturated rings. The molecular weight excluding hydrogens is 212 g/mol. The number of hydrogen-bond donors (Lipinski definition) is 1. The van der Waals surface area contributed by atoms with E-state index in [1.807, 2.05) is 20.8 Å². The van der Waals surface area contributed by atoms with Crippen LogP contribution in [0.4, 0.5) is 0 Å². The molecule has 16 heavy (non-hydrogen) atoms. The van der Waals surface area contributed by atoms with Crippen molar-refractivity contribution in [1.29, 1.82) is 0 Å². The molecule has 0 bridgehead atoms. The van der Waals surface area contributed by atoms with Crippen LogP contribution in [0.15, 0.2) is 0 Å². The lowest BCUT2D eigenvalue weighted by molar-refractivity contribution is -0.289. The molecule has 0 aromatic carbocycles. The zero-order valence-electron chi connectivity index (χ0n) is 10.5. The minimum absolute atomic E-state index is 0.0403. The molecule has 1 N–H and O–H groups in total.